The maximum Gasteiger partial charge on any atom is 0.387 e. The van der Waals surface area contributed by atoms with Crippen LogP contribution >= 0.6 is 0 Å². The van der Waals surface area contributed by atoms with Gasteiger partial charge in [-0.05, 0) is 76.8 Å². The van der Waals surface area contributed by atoms with Crippen LogP contribution in [0.1, 0.15) is 55.7 Å². The molecule has 3 aromatic carbocycles. The Kier molecular flexibility index (Phi) is 7.01. The molecule has 0 aliphatic heterocycles. The van der Waals surface area contributed by atoms with Crippen LogP contribution in [-0.2, 0) is 19.3 Å². The van der Waals surface area contributed by atoms with Crippen LogP contribution < -0.4 is 4.74 Å². The molecule has 0 amide bonds. The van der Waals surface area contributed by atoms with Crippen molar-refractivity contribution in [3.63, 3.8) is 0 Å². The van der Waals surface area contributed by atoms with Gasteiger partial charge in [0.25, 0.3) is 0 Å². The zero-order valence-corrected chi connectivity index (χ0v) is 18.2. The van der Waals surface area contributed by atoms with Gasteiger partial charge < -0.3 is 4.74 Å². The van der Waals surface area contributed by atoms with Crippen LogP contribution in [0.3, 0.4) is 0 Å². The van der Waals surface area contributed by atoms with Crippen LogP contribution in [0.25, 0.3) is 22.3 Å². The second-order valence-corrected chi connectivity index (χ2v) is 8.43. The predicted octanol–water partition coefficient (Wildman–Crippen LogP) is 8.23. The number of alkyl halides is 2. The Morgan fingerprint density at radius 3 is 2.10 bits per heavy atom. The number of ether oxygens (including phenoxy) is 1. The average molecular weight is 421 g/mol. The van der Waals surface area contributed by atoms with Gasteiger partial charge in [-0.2, -0.15) is 8.78 Å². The molecule has 1 aliphatic carbocycles. The van der Waals surface area contributed by atoms with E-state index in [0.29, 0.717) is 0 Å². The van der Waals surface area contributed by atoms with Crippen molar-refractivity contribution in [2.45, 2.75) is 64.9 Å². The van der Waals surface area contributed by atoms with Crippen molar-refractivity contribution in [2.75, 3.05) is 0 Å². The highest BCUT2D eigenvalue weighted by Gasteiger charge is 2.17. The van der Waals surface area contributed by atoms with E-state index >= 15 is 0 Å². The van der Waals surface area contributed by atoms with E-state index in [1.54, 1.807) is 12.1 Å². The van der Waals surface area contributed by atoms with E-state index in [9.17, 15) is 8.78 Å². The molecule has 0 N–H and O–H groups in total. The van der Waals surface area contributed by atoms with E-state index in [1.165, 1.54) is 66.3 Å². The van der Waals surface area contributed by atoms with E-state index < -0.39 is 6.61 Å². The van der Waals surface area contributed by atoms with Crippen molar-refractivity contribution in [3.8, 4) is 28.0 Å². The minimum atomic E-state index is -2.80. The Labute approximate surface area is 184 Å². The first-order valence-electron chi connectivity index (χ1n) is 11.4. The van der Waals surface area contributed by atoms with Gasteiger partial charge in [0.2, 0.25) is 0 Å². The summed E-state index contributed by atoms with van der Waals surface area (Å²) in [5.41, 5.74) is 9.05. The van der Waals surface area contributed by atoms with Crippen molar-refractivity contribution in [3.05, 3.63) is 77.4 Å². The van der Waals surface area contributed by atoms with Crippen molar-refractivity contribution in [1.29, 1.82) is 0 Å². The molecule has 1 nitrogen and oxygen atoms in total. The SMILES string of the molecule is CCCCCCCc1ccc2c(c1)CCc1cc(-c3ccc(OC(F)F)cc3)ccc1-2. The van der Waals surface area contributed by atoms with E-state index in [1.807, 2.05) is 12.1 Å². The van der Waals surface area contributed by atoms with Crippen molar-refractivity contribution < 1.29 is 13.5 Å². The highest BCUT2D eigenvalue weighted by atomic mass is 19.3. The van der Waals surface area contributed by atoms with Crippen LogP contribution in [0.2, 0.25) is 0 Å². The van der Waals surface area contributed by atoms with Crippen LogP contribution in [0.4, 0.5) is 8.78 Å². The summed E-state index contributed by atoms with van der Waals surface area (Å²) in [5, 5.41) is 0. The smallest absolute Gasteiger partial charge is 0.387 e. The van der Waals surface area contributed by atoms with Gasteiger partial charge in [-0.25, -0.2) is 0 Å². The third-order valence-electron chi connectivity index (χ3n) is 6.21. The summed E-state index contributed by atoms with van der Waals surface area (Å²) in [6.07, 6.45) is 9.85. The van der Waals surface area contributed by atoms with Crippen LogP contribution in [-0.4, -0.2) is 6.61 Å². The molecule has 162 valence electrons. The van der Waals surface area contributed by atoms with Crippen molar-refractivity contribution in [1.82, 2.24) is 0 Å². The molecule has 0 fully saturated rings. The quantitative estimate of drug-likeness (QED) is 0.317. The Morgan fingerprint density at radius 1 is 0.742 bits per heavy atom. The summed E-state index contributed by atoms with van der Waals surface area (Å²) >= 11 is 0. The first-order valence-corrected chi connectivity index (χ1v) is 11.4. The first kappa shape index (κ1) is 21.5. The lowest BCUT2D eigenvalue weighted by atomic mass is 9.83. The topological polar surface area (TPSA) is 9.23 Å². The zero-order chi connectivity index (χ0) is 21.6. The average Bonchev–Trinajstić information content (AvgIpc) is 2.78. The summed E-state index contributed by atoms with van der Waals surface area (Å²) < 4.78 is 29.2. The zero-order valence-electron chi connectivity index (χ0n) is 18.2. The highest BCUT2D eigenvalue weighted by molar-refractivity contribution is 5.77. The summed E-state index contributed by atoms with van der Waals surface area (Å²) in [5.74, 6) is 0.187. The summed E-state index contributed by atoms with van der Waals surface area (Å²) in [7, 11) is 0. The fourth-order valence-corrected chi connectivity index (χ4v) is 4.55. The highest BCUT2D eigenvalue weighted by Crippen LogP contribution is 2.37. The lowest BCUT2D eigenvalue weighted by Gasteiger charge is -2.22. The third-order valence-corrected chi connectivity index (χ3v) is 6.21. The maximum atomic E-state index is 12.4. The van der Waals surface area contributed by atoms with E-state index in [4.69, 9.17) is 0 Å². The summed E-state index contributed by atoms with van der Waals surface area (Å²) in [4.78, 5) is 0. The molecular weight excluding hydrogens is 390 g/mol. The largest absolute Gasteiger partial charge is 0.435 e. The second-order valence-electron chi connectivity index (χ2n) is 8.43. The minimum Gasteiger partial charge on any atom is -0.435 e. The molecule has 0 spiro atoms. The number of hydrogen-bond donors (Lipinski definition) is 0. The minimum absolute atomic E-state index is 0.187. The number of aryl methyl sites for hydroxylation is 3. The maximum absolute atomic E-state index is 12.4. The van der Waals surface area contributed by atoms with Gasteiger partial charge >= 0.3 is 6.61 Å². The Hall–Kier alpha value is -2.68. The third kappa shape index (κ3) is 5.33. The molecule has 3 heteroatoms. The molecule has 0 saturated carbocycles. The van der Waals surface area contributed by atoms with Crippen molar-refractivity contribution >= 4 is 0 Å². The predicted molar refractivity (Wildman–Crippen MR) is 124 cm³/mol. The van der Waals surface area contributed by atoms with E-state index in [-0.39, 0.29) is 5.75 Å². The van der Waals surface area contributed by atoms with Gasteiger partial charge in [-0.3, -0.25) is 0 Å². The van der Waals surface area contributed by atoms with Crippen LogP contribution in [0, 0.1) is 0 Å². The Balaban J connectivity index is 1.48. The van der Waals surface area contributed by atoms with E-state index in [2.05, 4.69) is 48.1 Å². The molecule has 0 bridgehead atoms. The second kappa shape index (κ2) is 10.1. The van der Waals surface area contributed by atoms with Crippen LogP contribution in [0.5, 0.6) is 5.75 Å². The first-order chi connectivity index (χ1) is 15.1. The number of benzene rings is 3. The van der Waals surface area contributed by atoms with Crippen LogP contribution in [0.15, 0.2) is 60.7 Å². The lowest BCUT2D eigenvalue weighted by Crippen LogP contribution is -2.05. The number of hydrogen-bond acceptors (Lipinski definition) is 1. The molecular formula is C28H30F2O. The molecule has 0 saturated heterocycles. The molecule has 0 heterocycles. The lowest BCUT2D eigenvalue weighted by molar-refractivity contribution is -0.0498. The molecule has 0 aromatic heterocycles. The van der Waals surface area contributed by atoms with Gasteiger partial charge in [0.1, 0.15) is 5.75 Å². The van der Waals surface area contributed by atoms with Gasteiger partial charge in [0.15, 0.2) is 0 Å². The van der Waals surface area contributed by atoms with Gasteiger partial charge in [-0.1, -0.05) is 81.1 Å². The monoisotopic (exact) mass is 420 g/mol. The molecule has 31 heavy (non-hydrogen) atoms. The fraction of sp³-hybridized carbons (Fsp3) is 0.357. The molecule has 3 aromatic rings. The Morgan fingerprint density at radius 2 is 1.39 bits per heavy atom. The standard InChI is InChI=1S/C28H30F2O/c1-2-3-4-5-6-7-20-8-16-26-23(18-20)9-10-24-19-22(13-17-27(24)26)21-11-14-25(15-12-21)31-28(29)30/h8,11-19,28H,2-7,9-10H2,1H3. The normalized spacial score (nSPS) is 12.5. The van der Waals surface area contributed by atoms with E-state index in [0.717, 1.165) is 24.0 Å². The molecule has 0 radical (unpaired) electrons. The number of fused-ring (bicyclic) bond motifs is 3. The molecule has 0 unspecified atom stereocenters. The summed E-state index contributed by atoms with van der Waals surface area (Å²) in [6, 6.07) is 20.4. The van der Waals surface area contributed by atoms with Gasteiger partial charge in [-0.15, -0.1) is 0 Å². The summed E-state index contributed by atoms with van der Waals surface area (Å²) in [6.45, 7) is -0.539. The fourth-order valence-electron chi connectivity index (χ4n) is 4.55. The van der Waals surface area contributed by atoms with Gasteiger partial charge in [0.05, 0.1) is 0 Å². The number of unbranched alkanes of at least 4 members (excludes halogenated alkanes) is 4. The molecule has 0 atom stereocenters. The van der Waals surface area contributed by atoms with Crippen molar-refractivity contribution in [2.24, 2.45) is 0 Å². The number of rotatable bonds is 9. The number of halogens is 2. The molecule has 1 aliphatic rings. The molecule has 4 rings (SSSR count). The Bertz CT molecular complexity index is 1010. The van der Waals surface area contributed by atoms with Gasteiger partial charge in [0, 0.05) is 0 Å².